The number of hydrogen-bond donors (Lipinski definition) is 1. The summed E-state index contributed by atoms with van der Waals surface area (Å²) in [6.45, 7) is 3.40. The third kappa shape index (κ3) is 5.30. The predicted molar refractivity (Wildman–Crippen MR) is 115 cm³/mol. The number of nitrogens with zero attached hydrogens (tertiary/aromatic N) is 5. The molecule has 1 aliphatic rings. The zero-order valence-corrected chi connectivity index (χ0v) is 17.2. The molecule has 1 atom stereocenters. The summed E-state index contributed by atoms with van der Waals surface area (Å²) in [6.07, 6.45) is 3.58. The van der Waals surface area contributed by atoms with Crippen molar-refractivity contribution in [2.24, 2.45) is 0 Å². The molecule has 0 radical (unpaired) electrons. The van der Waals surface area contributed by atoms with Crippen LogP contribution in [0.3, 0.4) is 0 Å². The monoisotopic (exact) mass is 404 g/mol. The van der Waals surface area contributed by atoms with Crippen LogP contribution in [0.25, 0.3) is 11.4 Å². The van der Waals surface area contributed by atoms with Crippen molar-refractivity contribution in [1.82, 2.24) is 30.4 Å². The first kappa shape index (κ1) is 20.2. The van der Waals surface area contributed by atoms with Crippen LogP contribution in [0.5, 0.6) is 0 Å². The van der Waals surface area contributed by atoms with E-state index in [1.807, 2.05) is 36.4 Å². The van der Waals surface area contributed by atoms with E-state index in [-0.39, 0.29) is 11.9 Å². The van der Waals surface area contributed by atoms with E-state index in [1.165, 1.54) is 18.4 Å². The predicted octanol–water partition coefficient (Wildman–Crippen LogP) is 3.07. The molecule has 7 heteroatoms. The molecular weight excluding hydrogens is 376 g/mol. The minimum atomic E-state index is 0.0681. The van der Waals surface area contributed by atoms with E-state index in [4.69, 9.17) is 0 Å². The lowest BCUT2D eigenvalue weighted by Gasteiger charge is -2.28. The van der Waals surface area contributed by atoms with Crippen LogP contribution >= 0.6 is 0 Å². The average Bonchev–Trinajstić information content (AvgIpc) is 3.48. The molecule has 0 aliphatic carbocycles. The second-order valence-electron chi connectivity index (χ2n) is 7.65. The summed E-state index contributed by atoms with van der Waals surface area (Å²) in [5, 5.41) is 15.7. The molecule has 2 heterocycles. The van der Waals surface area contributed by atoms with Crippen molar-refractivity contribution in [1.29, 1.82) is 0 Å². The lowest BCUT2D eigenvalue weighted by atomic mass is 10.1. The van der Waals surface area contributed by atoms with Gasteiger partial charge >= 0.3 is 0 Å². The number of aryl methyl sites for hydroxylation is 1. The van der Waals surface area contributed by atoms with Gasteiger partial charge in [0.25, 0.3) is 0 Å². The Kier molecular flexibility index (Phi) is 6.82. The molecule has 1 saturated heterocycles. The fourth-order valence-corrected chi connectivity index (χ4v) is 3.91. The quantitative estimate of drug-likeness (QED) is 0.593. The second-order valence-corrected chi connectivity index (χ2v) is 7.65. The maximum Gasteiger partial charge on any atom is 0.220 e. The number of likely N-dealkylation sites (tertiary alicyclic amines) is 1. The number of nitrogens with one attached hydrogen (secondary N) is 1. The number of tetrazole rings is 1. The number of rotatable bonds is 9. The first-order valence-corrected chi connectivity index (χ1v) is 10.7. The maximum absolute atomic E-state index is 12.4. The van der Waals surface area contributed by atoms with Crippen LogP contribution in [-0.4, -0.2) is 50.6 Å². The van der Waals surface area contributed by atoms with E-state index < -0.39 is 0 Å². The first-order chi connectivity index (χ1) is 14.8. The van der Waals surface area contributed by atoms with Crippen molar-refractivity contribution in [3.63, 3.8) is 0 Å². The molecule has 1 aliphatic heterocycles. The Balaban J connectivity index is 1.25. The molecule has 0 bridgehead atoms. The number of amides is 1. The van der Waals surface area contributed by atoms with Gasteiger partial charge in [-0.05, 0) is 43.1 Å². The van der Waals surface area contributed by atoms with E-state index in [9.17, 15) is 4.79 Å². The highest BCUT2D eigenvalue weighted by atomic mass is 16.1. The fraction of sp³-hybridized carbons (Fsp3) is 0.391. The minimum absolute atomic E-state index is 0.0681. The van der Waals surface area contributed by atoms with Crippen molar-refractivity contribution < 1.29 is 4.79 Å². The van der Waals surface area contributed by atoms with Gasteiger partial charge in [-0.1, -0.05) is 60.7 Å². The molecule has 156 valence electrons. The SMILES string of the molecule is O=C(CCCn1nnc(-c2ccccc2)n1)NC[C@H](c1ccccc1)N1CCCC1. The molecule has 3 aromatic rings. The standard InChI is InChI=1S/C23H28N6O/c30-22(14-9-17-29-26-23(25-27-29)20-12-5-2-6-13-20)24-18-21(28-15-7-8-16-28)19-10-3-1-4-11-19/h1-6,10-13,21H,7-9,14-18H2,(H,24,30)/t21-/m1/s1. The van der Waals surface area contributed by atoms with Crippen LogP contribution in [-0.2, 0) is 11.3 Å². The van der Waals surface area contributed by atoms with Gasteiger partial charge in [-0.3, -0.25) is 9.69 Å². The third-order valence-electron chi connectivity index (χ3n) is 5.51. The molecule has 2 aromatic carbocycles. The summed E-state index contributed by atoms with van der Waals surface area (Å²) >= 11 is 0. The topological polar surface area (TPSA) is 75.9 Å². The Labute approximate surface area is 177 Å². The van der Waals surface area contributed by atoms with Crippen molar-refractivity contribution in [2.75, 3.05) is 19.6 Å². The van der Waals surface area contributed by atoms with E-state index in [2.05, 4.69) is 49.9 Å². The Morgan fingerprint density at radius 2 is 1.70 bits per heavy atom. The molecule has 1 fully saturated rings. The molecular formula is C23H28N6O. The Bertz CT molecular complexity index is 921. The van der Waals surface area contributed by atoms with Gasteiger partial charge in [0.2, 0.25) is 11.7 Å². The van der Waals surface area contributed by atoms with Crippen LogP contribution in [0.2, 0.25) is 0 Å². The second kappa shape index (κ2) is 10.1. The lowest BCUT2D eigenvalue weighted by molar-refractivity contribution is -0.121. The van der Waals surface area contributed by atoms with Gasteiger partial charge in [0, 0.05) is 18.5 Å². The summed E-state index contributed by atoms with van der Waals surface area (Å²) in [5.74, 6) is 0.676. The van der Waals surface area contributed by atoms with Gasteiger partial charge in [-0.25, -0.2) is 0 Å². The zero-order chi connectivity index (χ0) is 20.6. The molecule has 1 aromatic heterocycles. The van der Waals surface area contributed by atoms with E-state index in [0.717, 1.165) is 18.7 Å². The molecule has 0 unspecified atom stereocenters. The molecule has 1 amide bonds. The number of benzene rings is 2. The van der Waals surface area contributed by atoms with Crippen LogP contribution in [0.4, 0.5) is 0 Å². The van der Waals surface area contributed by atoms with Gasteiger partial charge in [0.1, 0.15) is 0 Å². The molecule has 4 rings (SSSR count). The van der Waals surface area contributed by atoms with Gasteiger partial charge < -0.3 is 5.32 Å². The zero-order valence-electron chi connectivity index (χ0n) is 17.2. The normalized spacial score (nSPS) is 15.2. The Hall–Kier alpha value is -3.06. The number of carbonyl (C=O) groups is 1. The fourth-order valence-electron chi connectivity index (χ4n) is 3.91. The third-order valence-corrected chi connectivity index (χ3v) is 5.51. The highest BCUT2D eigenvalue weighted by Crippen LogP contribution is 2.24. The largest absolute Gasteiger partial charge is 0.354 e. The minimum Gasteiger partial charge on any atom is -0.354 e. The highest BCUT2D eigenvalue weighted by molar-refractivity contribution is 5.75. The Morgan fingerprint density at radius 3 is 2.43 bits per heavy atom. The summed E-state index contributed by atoms with van der Waals surface area (Å²) in [5.41, 5.74) is 2.20. The smallest absolute Gasteiger partial charge is 0.220 e. The van der Waals surface area contributed by atoms with Gasteiger partial charge in [0.15, 0.2) is 0 Å². The van der Waals surface area contributed by atoms with Crippen LogP contribution in [0.15, 0.2) is 60.7 Å². The van der Waals surface area contributed by atoms with Gasteiger partial charge in [-0.15, -0.1) is 10.2 Å². The number of hydrogen-bond acceptors (Lipinski definition) is 5. The van der Waals surface area contributed by atoms with Crippen molar-refractivity contribution in [3.05, 3.63) is 66.2 Å². The Morgan fingerprint density at radius 1 is 1.00 bits per heavy atom. The van der Waals surface area contributed by atoms with Crippen LogP contribution in [0, 0.1) is 0 Å². The lowest BCUT2D eigenvalue weighted by Crippen LogP contribution is -2.36. The van der Waals surface area contributed by atoms with E-state index in [1.54, 1.807) is 4.80 Å². The molecule has 30 heavy (non-hydrogen) atoms. The molecule has 1 N–H and O–H groups in total. The highest BCUT2D eigenvalue weighted by Gasteiger charge is 2.23. The number of aromatic nitrogens is 4. The molecule has 0 saturated carbocycles. The van der Waals surface area contributed by atoms with Gasteiger partial charge in [-0.2, -0.15) is 4.80 Å². The van der Waals surface area contributed by atoms with E-state index >= 15 is 0 Å². The average molecular weight is 405 g/mol. The molecule has 7 nitrogen and oxygen atoms in total. The van der Waals surface area contributed by atoms with Crippen molar-refractivity contribution >= 4 is 5.91 Å². The first-order valence-electron chi connectivity index (χ1n) is 10.7. The maximum atomic E-state index is 12.4. The summed E-state index contributed by atoms with van der Waals surface area (Å²) < 4.78 is 0. The van der Waals surface area contributed by atoms with Crippen LogP contribution in [0.1, 0.15) is 37.3 Å². The van der Waals surface area contributed by atoms with Crippen molar-refractivity contribution in [3.8, 4) is 11.4 Å². The van der Waals surface area contributed by atoms with Gasteiger partial charge in [0.05, 0.1) is 12.6 Å². The van der Waals surface area contributed by atoms with Crippen molar-refractivity contribution in [2.45, 2.75) is 38.3 Å². The summed E-state index contributed by atoms with van der Waals surface area (Å²) in [7, 11) is 0. The number of carbonyl (C=O) groups excluding carboxylic acids is 1. The van der Waals surface area contributed by atoms with Crippen LogP contribution < -0.4 is 5.32 Å². The molecule has 0 spiro atoms. The van der Waals surface area contributed by atoms with E-state index in [0.29, 0.717) is 31.8 Å². The summed E-state index contributed by atoms with van der Waals surface area (Å²) in [6, 6.07) is 20.5. The summed E-state index contributed by atoms with van der Waals surface area (Å²) in [4.78, 5) is 16.4.